The average molecular weight is 805 g/mol. The number of halogens is 1. The van der Waals surface area contributed by atoms with E-state index in [2.05, 4.69) is 59.0 Å². The Hall–Kier alpha value is -4.74. The van der Waals surface area contributed by atoms with Crippen LogP contribution in [0.1, 0.15) is 119 Å². The van der Waals surface area contributed by atoms with Gasteiger partial charge < -0.3 is 20.5 Å². The molecule has 0 bridgehead atoms. The van der Waals surface area contributed by atoms with Crippen LogP contribution in [0.5, 0.6) is 5.75 Å². The standard InChI is InChI=1S/C25H28ClN3O5.C20H33NO2/c1-5-34-23-22(32)29(24(33)28(23)15-16-9-7-6-8-10-16)19-12-11-17(26)13-18(19)27-21(31)14-20(30)25(2,3)4;1-8-16(18(21)22)23-17-12-11-14(19(4,5)9-2)13-15(17)20(6,7)10-3/h6-13,23H,5,14-15H2,1-4H3,(H,27,31);11-13,16H,8-10H2,1-7H3,(H2,21,22). The Balaban J connectivity index is 0.000000331. The number of amides is 5. The minimum atomic E-state index is -1.11. The molecule has 0 saturated carbocycles. The summed E-state index contributed by atoms with van der Waals surface area (Å²) in [6.07, 6.45) is 0.596. The van der Waals surface area contributed by atoms with Crippen LogP contribution >= 0.6 is 11.6 Å². The average Bonchev–Trinajstić information content (AvgIpc) is 3.37. The predicted octanol–water partition coefficient (Wildman–Crippen LogP) is 9.32. The molecule has 1 aliphatic rings. The predicted molar refractivity (Wildman–Crippen MR) is 226 cm³/mol. The van der Waals surface area contributed by atoms with Gasteiger partial charge in [-0.3, -0.25) is 24.1 Å². The third-order valence-electron chi connectivity index (χ3n) is 10.5. The fourth-order valence-corrected chi connectivity index (χ4v) is 6.09. The van der Waals surface area contributed by atoms with Gasteiger partial charge in [0.25, 0.3) is 11.8 Å². The monoisotopic (exact) mass is 804 g/mol. The number of carbonyl (C=O) groups is 5. The maximum absolute atomic E-state index is 13.4. The van der Waals surface area contributed by atoms with E-state index < -0.39 is 41.5 Å². The van der Waals surface area contributed by atoms with E-state index in [1.54, 1.807) is 27.7 Å². The number of primary amides is 1. The maximum Gasteiger partial charge on any atom is 0.334 e. The van der Waals surface area contributed by atoms with Gasteiger partial charge in [-0.1, -0.05) is 123 Å². The van der Waals surface area contributed by atoms with Gasteiger partial charge in [-0.2, -0.15) is 0 Å². The molecular formula is C45H61ClN4O7. The second kappa shape index (κ2) is 19.6. The zero-order valence-electron chi connectivity index (χ0n) is 35.5. The van der Waals surface area contributed by atoms with Crippen LogP contribution in [0.4, 0.5) is 16.2 Å². The van der Waals surface area contributed by atoms with Crippen molar-refractivity contribution in [3.05, 3.63) is 88.4 Å². The van der Waals surface area contributed by atoms with Crippen LogP contribution in [-0.2, 0) is 41.3 Å². The van der Waals surface area contributed by atoms with Crippen LogP contribution in [0, 0.1) is 5.41 Å². The number of anilines is 2. The molecule has 2 atom stereocenters. The van der Waals surface area contributed by atoms with Crippen LogP contribution in [0.2, 0.25) is 5.02 Å². The van der Waals surface area contributed by atoms with Crippen molar-refractivity contribution < 1.29 is 33.4 Å². The summed E-state index contributed by atoms with van der Waals surface area (Å²) in [6.45, 7) is 22.5. The number of benzene rings is 3. The summed E-state index contributed by atoms with van der Waals surface area (Å²) < 4.78 is 11.6. The number of ether oxygens (including phenoxy) is 2. The number of imide groups is 1. The first-order chi connectivity index (χ1) is 26.6. The number of Topliss-reactive ketones (excluding diaryl/α,β-unsaturated/α-hetero) is 1. The topological polar surface area (TPSA) is 148 Å². The lowest BCUT2D eigenvalue weighted by Gasteiger charge is -2.31. The van der Waals surface area contributed by atoms with Crippen molar-refractivity contribution in [2.45, 2.75) is 132 Å². The smallest absolute Gasteiger partial charge is 0.334 e. The first-order valence-corrected chi connectivity index (χ1v) is 20.0. The molecule has 3 aromatic rings. The Morgan fingerprint density at radius 1 is 0.860 bits per heavy atom. The normalized spacial score (nSPS) is 15.2. The zero-order chi connectivity index (χ0) is 42.9. The molecule has 2 unspecified atom stereocenters. The lowest BCUT2D eigenvalue weighted by Crippen LogP contribution is -2.36. The van der Waals surface area contributed by atoms with E-state index in [0.717, 1.165) is 34.6 Å². The van der Waals surface area contributed by atoms with Crippen molar-refractivity contribution in [3.63, 3.8) is 0 Å². The third-order valence-corrected chi connectivity index (χ3v) is 10.8. The van der Waals surface area contributed by atoms with Crippen molar-refractivity contribution in [3.8, 4) is 5.75 Å². The number of rotatable bonds is 16. The van der Waals surface area contributed by atoms with Crippen LogP contribution in [0.3, 0.4) is 0 Å². The summed E-state index contributed by atoms with van der Waals surface area (Å²) in [5, 5.41) is 2.93. The quantitative estimate of drug-likeness (QED) is 0.108. The molecule has 0 spiro atoms. The van der Waals surface area contributed by atoms with E-state index in [4.69, 9.17) is 26.8 Å². The molecule has 1 saturated heterocycles. The van der Waals surface area contributed by atoms with Gasteiger partial charge in [0.05, 0.1) is 24.3 Å². The molecule has 1 fully saturated rings. The number of nitrogens with one attached hydrogen (secondary N) is 1. The highest BCUT2D eigenvalue weighted by Crippen LogP contribution is 2.39. The second-order valence-corrected chi connectivity index (χ2v) is 17.0. The van der Waals surface area contributed by atoms with Gasteiger partial charge >= 0.3 is 6.03 Å². The highest BCUT2D eigenvalue weighted by Gasteiger charge is 2.47. The fraction of sp³-hybridized carbons (Fsp3) is 0.489. The fourth-order valence-electron chi connectivity index (χ4n) is 5.92. The zero-order valence-corrected chi connectivity index (χ0v) is 36.2. The summed E-state index contributed by atoms with van der Waals surface area (Å²) in [4.78, 5) is 65.4. The molecule has 1 aliphatic heterocycles. The summed E-state index contributed by atoms with van der Waals surface area (Å²) in [5.41, 5.74) is 8.44. The van der Waals surface area contributed by atoms with E-state index >= 15 is 0 Å². The van der Waals surface area contributed by atoms with Crippen LogP contribution < -0.4 is 20.7 Å². The molecule has 3 aromatic carbocycles. The Labute approximate surface area is 343 Å². The Kier molecular flexibility index (Phi) is 16.0. The van der Waals surface area contributed by atoms with Gasteiger partial charge in [-0.15, -0.1) is 0 Å². The summed E-state index contributed by atoms with van der Waals surface area (Å²) in [6, 6.07) is 19.5. The molecule has 5 amide bonds. The SMILES string of the molecule is CCC(Oc1ccc(C(C)(C)CC)cc1C(C)(C)CC)C(N)=O.CCOC1C(=O)N(c2ccc(Cl)cc2NC(=O)CC(=O)C(C)(C)C)C(=O)N1Cc1ccccc1. The highest BCUT2D eigenvalue weighted by atomic mass is 35.5. The van der Waals surface area contributed by atoms with Gasteiger partial charge in [0.15, 0.2) is 6.10 Å². The minimum Gasteiger partial charge on any atom is -0.480 e. The van der Waals surface area contributed by atoms with E-state index in [-0.39, 0.29) is 47.6 Å². The van der Waals surface area contributed by atoms with Crippen LogP contribution in [-0.4, -0.2) is 53.4 Å². The third kappa shape index (κ3) is 11.9. The van der Waals surface area contributed by atoms with E-state index in [9.17, 15) is 24.0 Å². The number of hydrogen-bond donors (Lipinski definition) is 2. The Morgan fingerprint density at radius 2 is 1.49 bits per heavy atom. The van der Waals surface area contributed by atoms with Crippen molar-refractivity contribution >= 4 is 52.5 Å². The van der Waals surface area contributed by atoms with Crippen LogP contribution in [0.15, 0.2) is 66.7 Å². The first-order valence-electron chi connectivity index (χ1n) is 19.6. The van der Waals surface area contributed by atoms with Crippen molar-refractivity contribution in [1.82, 2.24) is 4.90 Å². The van der Waals surface area contributed by atoms with Crippen molar-refractivity contribution in [2.24, 2.45) is 11.1 Å². The van der Waals surface area contributed by atoms with Crippen molar-refractivity contribution in [1.29, 1.82) is 0 Å². The molecule has 0 radical (unpaired) electrons. The lowest BCUT2D eigenvalue weighted by molar-refractivity contribution is -0.134. The van der Waals surface area contributed by atoms with Gasteiger partial charge in [-0.05, 0) is 72.4 Å². The van der Waals surface area contributed by atoms with Gasteiger partial charge in [0.1, 0.15) is 11.5 Å². The van der Waals surface area contributed by atoms with Crippen LogP contribution in [0.25, 0.3) is 0 Å². The number of urea groups is 1. The van der Waals surface area contributed by atoms with Gasteiger partial charge in [-0.25, -0.2) is 9.69 Å². The summed E-state index contributed by atoms with van der Waals surface area (Å²) in [7, 11) is 0. The van der Waals surface area contributed by atoms with Gasteiger partial charge in [0, 0.05) is 22.6 Å². The van der Waals surface area contributed by atoms with Gasteiger partial charge in [0.2, 0.25) is 12.1 Å². The molecule has 12 heteroatoms. The number of hydrogen-bond acceptors (Lipinski definition) is 7. The first kappa shape index (κ1) is 46.6. The van der Waals surface area contributed by atoms with E-state index in [0.29, 0.717) is 11.4 Å². The van der Waals surface area contributed by atoms with Crippen molar-refractivity contribution in [2.75, 3.05) is 16.8 Å². The number of ketones is 1. The molecule has 310 valence electrons. The number of carbonyl (C=O) groups excluding carboxylic acids is 5. The Morgan fingerprint density at radius 3 is 2.04 bits per heavy atom. The lowest BCUT2D eigenvalue weighted by atomic mass is 9.76. The molecule has 0 aromatic heterocycles. The molecule has 57 heavy (non-hydrogen) atoms. The molecule has 4 rings (SSSR count). The van der Waals surface area contributed by atoms with E-state index in [1.165, 1.54) is 28.7 Å². The Bertz CT molecular complexity index is 1900. The summed E-state index contributed by atoms with van der Waals surface area (Å²) in [5.74, 6) is -1.02. The molecule has 1 heterocycles. The molecule has 11 nitrogen and oxygen atoms in total. The van der Waals surface area contributed by atoms with E-state index in [1.807, 2.05) is 43.3 Å². The maximum atomic E-state index is 13.4. The highest BCUT2D eigenvalue weighted by molar-refractivity contribution is 6.31. The minimum absolute atomic E-state index is 0.0227. The molecular weight excluding hydrogens is 744 g/mol. The second-order valence-electron chi connectivity index (χ2n) is 16.5. The molecule has 0 aliphatic carbocycles. The number of nitrogens with two attached hydrogens (primary N) is 1. The molecule has 3 N–H and O–H groups in total. The summed E-state index contributed by atoms with van der Waals surface area (Å²) >= 11 is 6.13. The number of nitrogens with zero attached hydrogens (tertiary/aromatic N) is 2. The largest absolute Gasteiger partial charge is 0.480 e.